The highest BCUT2D eigenvalue weighted by Gasteiger charge is 2.40. The van der Waals surface area contributed by atoms with E-state index in [0.29, 0.717) is 0 Å². The molecule has 1 aliphatic carbocycles. The van der Waals surface area contributed by atoms with Crippen LogP contribution in [0.15, 0.2) is 18.2 Å². The fourth-order valence-corrected chi connectivity index (χ4v) is 4.09. The van der Waals surface area contributed by atoms with Crippen molar-refractivity contribution < 1.29 is 23.9 Å². The maximum atomic E-state index is 12.9. The fraction of sp³-hybridized carbons (Fsp3) is 0.478. The van der Waals surface area contributed by atoms with Crippen molar-refractivity contribution in [2.45, 2.75) is 51.0 Å². The Bertz CT molecular complexity index is 983. The molecule has 166 valence electrons. The second-order valence-electron chi connectivity index (χ2n) is 7.81. The second kappa shape index (κ2) is 10.5. The minimum absolute atomic E-state index is 0.0730. The molecule has 3 amide bonds. The molecular weight excluding hydrogens is 412 g/mol. The summed E-state index contributed by atoms with van der Waals surface area (Å²) in [4.78, 5) is 53.0. The summed E-state index contributed by atoms with van der Waals surface area (Å²) in [5.74, 6) is -2.04. The van der Waals surface area contributed by atoms with E-state index in [-0.39, 0.29) is 54.6 Å². The van der Waals surface area contributed by atoms with Crippen LogP contribution in [0.1, 0.15) is 76.0 Å². The third kappa shape index (κ3) is 4.94. The summed E-state index contributed by atoms with van der Waals surface area (Å²) in [5.41, 5.74) is 0.516. The molecule has 1 saturated carbocycles. The molecule has 9 nitrogen and oxygen atoms in total. The van der Waals surface area contributed by atoms with E-state index in [1.807, 2.05) is 12.1 Å². The van der Waals surface area contributed by atoms with Gasteiger partial charge in [-0.25, -0.2) is 4.79 Å². The van der Waals surface area contributed by atoms with Gasteiger partial charge in [0, 0.05) is 19.1 Å². The minimum atomic E-state index is -0.793. The van der Waals surface area contributed by atoms with Gasteiger partial charge in [-0.2, -0.15) is 10.5 Å². The van der Waals surface area contributed by atoms with Crippen LogP contribution in [0, 0.1) is 22.7 Å². The number of nitrogens with zero attached hydrogens (tertiary/aromatic N) is 4. The highest BCUT2D eigenvalue weighted by Crippen LogP contribution is 2.31. The van der Waals surface area contributed by atoms with E-state index in [2.05, 4.69) is 0 Å². The Kier molecular flexibility index (Phi) is 7.56. The number of fused-ring (bicyclic) bond motifs is 1. The zero-order valence-electron chi connectivity index (χ0n) is 17.7. The zero-order chi connectivity index (χ0) is 23.1. The Morgan fingerprint density at radius 3 is 2.25 bits per heavy atom. The van der Waals surface area contributed by atoms with Crippen LogP contribution >= 0.6 is 0 Å². The molecule has 1 aromatic rings. The molecule has 1 heterocycles. The molecule has 32 heavy (non-hydrogen) atoms. The first-order chi connectivity index (χ1) is 15.5. The second-order valence-corrected chi connectivity index (χ2v) is 7.81. The lowest BCUT2D eigenvalue weighted by atomic mass is 9.94. The number of carbonyl (C=O) groups excluding carboxylic acids is 4. The van der Waals surface area contributed by atoms with Crippen LogP contribution in [-0.4, -0.2) is 59.2 Å². The molecule has 0 unspecified atom stereocenters. The molecule has 0 aromatic heterocycles. The quantitative estimate of drug-likeness (QED) is 0.451. The van der Waals surface area contributed by atoms with Gasteiger partial charge in [-0.1, -0.05) is 19.3 Å². The number of imide groups is 1. The van der Waals surface area contributed by atoms with E-state index in [9.17, 15) is 19.2 Å². The number of benzene rings is 1. The summed E-state index contributed by atoms with van der Waals surface area (Å²) in [6.45, 7) is -0.268. The number of hydrogen-bond acceptors (Lipinski definition) is 7. The molecule has 0 saturated heterocycles. The van der Waals surface area contributed by atoms with E-state index in [4.69, 9.17) is 15.3 Å². The van der Waals surface area contributed by atoms with Gasteiger partial charge in [0.2, 0.25) is 0 Å². The van der Waals surface area contributed by atoms with Crippen LogP contribution in [0.4, 0.5) is 0 Å². The normalized spacial score (nSPS) is 15.6. The largest absolute Gasteiger partial charge is 0.452 e. The van der Waals surface area contributed by atoms with Crippen LogP contribution < -0.4 is 0 Å². The van der Waals surface area contributed by atoms with Gasteiger partial charge in [0.05, 0.1) is 41.7 Å². The van der Waals surface area contributed by atoms with Gasteiger partial charge in [0.25, 0.3) is 17.7 Å². The van der Waals surface area contributed by atoms with Crippen molar-refractivity contribution in [3.05, 3.63) is 34.9 Å². The van der Waals surface area contributed by atoms with Crippen LogP contribution in [0.25, 0.3) is 0 Å². The smallest absolute Gasteiger partial charge is 0.338 e. The summed E-state index contributed by atoms with van der Waals surface area (Å²) in [5, 5.41) is 17.4. The molecule has 0 spiro atoms. The van der Waals surface area contributed by atoms with Gasteiger partial charge in [-0.05, 0) is 31.0 Å². The van der Waals surface area contributed by atoms with Crippen molar-refractivity contribution in [1.29, 1.82) is 10.5 Å². The number of esters is 1. The monoisotopic (exact) mass is 436 g/mol. The van der Waals surface area contributed by atoms with Gasteiger partial charge < -0.3 is 9.64 Å². The van der Waals surface area contributed by atoms with Crippen LogP contribution in [0.2, 0.25) is 0 Å². The molecular formula is C23H24N4O5. The summed E-state index contributed by atoms with van der Waals surface area (Å²) in [6.07, 6.45) is 4.83. The van der Waals surface area contributed by atoms with Crippen molar-refractivity contribution in [3.63, 3.8) is 0 Å². The highest BCUT2D eigenvalue weighted by molar-refractivity contribution is 6.22. The number of carbonyl (C=O) groups is 4. The molecule has 0 radical (unpaired) electrons. The number of nitriles is 2. The average Bonchev–Trinajstić information content (AvgIpc) is 3.07. The Morgan fingerprint density at radius 1 is 1.00 bits per heavy atom. The lowest BCUT2D eigenvalue weighted by Crippen LogP contribution is -2.40. The number of ether oxygens (including phenoxy) is 1. The molecule has 1 aromatic carbocycles. The molecule has 0 N–H and O–H groups in total. The van der Waals surface area contributed by atoms with Gasteiger partial charge >= 0.3 is 5.97 Å². The first-order valence-corrected chi connectivity index (χ1v) is 10.7. The lowest BCUT2D eigenvalue weighted by molar-refractivity contribution is -0.134. The molecule has 2 aliphatic rings. The van der Waals surface area contributed by atoms with Crippen LogP contribution in [0.5, 0.6) is 0 Å². The number of amides is 3. The average molecular weight is 436 g/mol. The summed E-state index contributed by atoms with van der Waals surface area (Å²) < 4.78 is 5.09. The zero-order valence-corrected chi connectivity index (χ0v) is 17.7. The minimum Gasteiger partial charge on any atom is -0.452 e. The third-order valence-corrected chi connectivity index (χ3v) is 5.76. The number of rotatable bonds is 8. The standard InChI is InChI=1S/C23H24N4O5/c24-10-4-12-26(13-5-11-25)20(28)15-32-23(31)16-8-9-18-19(14-16)22(30)27(21(18)29)17-6-2-1-3-7-17/h8-9,14,17H,1-7,12-13,15H2. The van der Waals surface area contributed by atoms with Gasteiger partial charge in [-0.15, -0.1) is 0 Å². The topological polar surface area (TPSA) is 132 Å². The van der Waals surface area contributed by atoms with Crippen molar-refractivity contribution in [3.8, 4) is 12.1 Å². The maximum Gasteiger partial charge on any atom is 0.338 e. The van der Waals surface area contributed by atoms with Crippen molar-refractivity contribution in [2.75, 3.05) is 19.7 Å². The predicted octanol–water partition coefficient (Wildman–Crippen LogP) is 2.43. The summed E-state index contributed by atoms with van der Waals surface area (Å²) in [7, 11) is 0. The first kappa shape index (κ1) is 23.0. The first-order valence-electron chi connectivity index (χ1n) is 10.7. The highest BCUT2D eigenvalue weighted by atomic mass is 16.5. The lowest BCUT2D eigenvalue weighted by Gasteiger charge is -2.29. The van der Waals surface area contributed by atoms with Gasteiger partial charge in [-0.3, -0.25) is 19.3 Å². The van der Waals surface area contributed by atoms with Crippen LogP contribution in [-0.2, 0) is 9.53 Å². The Hall–Kier alpha value is -3.72. The SMILES string of the molecule is N#CCCN(CCC#N)C(=O)COC(=O)c1ccc2c(c1)C(=O)N(C1CCCCC1)C2=O. The summed E-state index contributed by atoms with van der Waals surface area (Å²) in [6, 6.07) is 7.94. The fourth-order valence-electron chi connectivity index (χ4n) is 4.09. The molecule has 3 rings (SSSR count). The van der Waals surface area contributed by atoms with E-state index in [1.165, 1.54) is 28.0 Å². The van der Waals surface area contributed by atoms with E-state index in [0.717, 1.165) is 32.1 Å². The van der Waals surface area contributed by atoms with Crippen molar-refractivity contribution in [2.24, 2.45) is 0 Å². The van der Waals surface area contributed by atoms with Crippen molar-refractivity contribution >= 4 is 23.7 Å². The molecule has 1 aliphatic heterocycles. The van der Waals surface area contributed by atoms with Gasteiger partial charge in [0.15, 0.2) is 6.61 Å². The van der Waals surface area contributed by atoms with E-state index < -0.39 is 24.4 Å². The van der Waals surface area contributed by atoms with Gasteiger partial charge in [0.1, 0.15) is 0 Å². The van der Waals surface area contributed by atoms with E-state index >= 15 is 0 Å². The predicted molar refractivity (Wildman–Crippen MR) is 111 cm³/mol. The Labute approximate surface area is 186 Å². The van der Waals surface area contributed by atoms with Crippen LogP contribution in [0.3, 0.4) is 0 Å². The molecule has 0 bridgehead atoms. The van der Waals surface area contributed by atoms with Crippen molar-refractivity contribution in [1.82, 2.24) is 9.80 Å². The molecule has 9 heteroatoms. The maximum absolute atomic E-state index is 12.9. The Balaban J connectivity index is 1.65. The Morgan fingerprint density at radius 2 is 1.62 bits per heavy atom. The number of hydrogen-bond donors (Lipinski definition) is 0. The summed E-state index contributed by atoms with van der Waals surface area (Å²) >= 11 is 0. The molecule has 0 atom stereocenters. The molecule has 1 fully saturated rings. The van der Waals surface area contributed by atoms with E-state index in [1.54, 1.807) is 0 Å². The third-order valence-electron chi connectivity index (χ3n) is 5.76.